The van der Waals surface area contributed by atoms with Crippen LogP contribution in [0.5, 0.6) is 0 Å². The van der Waals surface area contributed by atoms with E-state index in [9.17, 15) is 5.11 Å². The van der Waals surface area contributed by atoms with Crippen LogP contribution in [0.25, 0.3) is 0 Å². The molecule has 0 saturated heterocycles. The van der Waals surface area contributed by atoms with Crippen LogP contribution in [0.1, 0.15) is 24.2 Å². The maximum Gasteiger partial charge on any atom is 0.0886 e. The summed E-state index contributed by atoms with van der Waals surface area (Å²) in [5, 5.41) is 10.0. The minimum atomic E-state index is -0.379. The van der Waals surface area contributed by atoms with E-state index in [1.807, 2.05) is 12.1 Å². The van der Waals surface area contributed by atoms with Crippen LogP contribution in [-0.2, 0) is 6.42 Å². The SMILES string of the molecule is CCc1ccc([C@@H](O)CBr)cc1. The fourth-order valence-corrected chi connectivity index (χ4v) is 1.44. The van der Waals surface area contributed by atoms with Gasteiger partial charge in [-0.1, -0.05) is 47.1 Å². The Kier molecular flexibility index (Phi) is 3.76. The van der Waals surface area contributed by atoms with Crippen molar-refractivity contribution in [3.8, 4) is 0 Å². The molecule has 1 nitrogen and oxygen atoms in total. The molecule has 0 aliphatic carbocycles. The molecule has 1 N–H and O–H groups in total. The van der Waals surface area contributed by atoms with Crippen LogP contribution >= 0.6 is 15.9 Å². The van der Waals surface area contributed by atoms with Gasteiger partial charge in [0.15, 0.2) is 0 Å². The lowest BCUT2D eigenvalue weighted by molar-refractivity contribution is 0.205. The molecule has 0 amide bonds. The molecule has 0 aliphatic heterocycles. The summed E-state index contributed by atoms with van der Waals surface area (Å²) in [7, 11) is 0. The van der Waals surface area contributed by atoms with E-state index >= 15 is 0 Å². The van der Waals surface area contributed by atoms with Crippen molar-refractivity contribution in [2.75, 3.05) is 5.33 Å². The fraction of sp³-hybridized carbons (Fsp3) is 0.400. The van der Waals surface area contributed by atoms with Crippen molar-refractivity contribution in [3.63, 3.8) is 0 Å². The van der Waals surface area contributed by atoms with Gasteiger partial charge in [-0.05, 0) is 17.5 Å². The summed E-state index contributed by atoms with van der Waals surface area (Å²) in [6, 6.07) is 8.07. The number of aliphatic hydroxyl groups excluding tert-OH is 1. The average molecular weight is 229 g/mol. The first-order valence-corrected chi connectivity index (χ1v) is 5.23. The molecule has 0 heterocycles. The van der Waals surface area contributed by atoms with E-state index in [-0.39, 0.29) is 6.10 Å². The van der Waals surface area contributed by atoms with Crippen LogP contribution in [0.4, 0.5) is 0 Å². The van der Waals surface area contributed by atoms with Crippen molar-refractivity contribution in [1.29, 1.82) is 0 Å². The Labute approximate surface area is 81.6 Å². The van der Waals surface area contributed by atoms with Crippen molar-refractivity contribution in [2.24, 2.45) is 0 Å². The van der Waals surface area contributed by atoms with E-state index in [1.165, 1.54) is 5.56 Å². The van der Waals surface area contributed by atoms with E-state index in [1.54, 1.807) is 0 Å². The smallest absolute Gasteiger partial charge is 0.0886 e. The zero-order valence-corrected chi connectivity index (χ0v) is 8.71. The third-order valence-corrected chi connectivity index (χ3v) is 2.53. The van der Waals surface area contributed by atoms with Gasteiger partial charge in [0.2, 0.25) is 0 Å². The van der Waals surface area contributed by atoms with E-state index in [4.69, 9.17) is 0 Å². The predicted octanol–water partition coefficient (Wildman–Crippen LogP) is 2.68. The van der Waals surface area contributed by atoms with E-state index in [0.29, 0.717) is 5.33 Å². The maximum atomic E-state index is 9.45. The lowest BCUT2D eigenvalue weighted by Crippen LogP contribution is -1.97. The molecule has 0 fully saturated rings. The summed E-state index contributed by atoms with van der Waals surface area (Å²) in [4.78, 5) is 0. The fourth-order valence-electron chi connectivity index (χ4n) is 1.06. The zero-order valence-electron chi connectivity index (χ0n) is 7.13. The standard InChI is InChI=1S/C10H13BrO/c1-2-8-3-5-9(6-4-8)10(12)7-11/h3-6,10,12H,2,7H2,1H3/t10-/m0/s1. The summed E-state index contributed by atoms with van der Waals surface area (Å²) in [6.07, 6.45) is 0.668. The van der Waals surface area contributed by atoms with Gasteiger partial charge in [0.25, 0.3) is 0 Å². The molecule has 12 heavy (non-hydrogen) atoms. The Morgan fingerprint density at radius 2 is 1.92 bits per heavy atom. The highest BCUT2D eigenvalue weighted by molar-refractivity contribution is 9.09. The Bertz CT molecular complexity index is 230. The van der Waals surface area contributed by atoms with E-state index < -0.39 is 0 Å². The van der Waals surface area contributed by atoms with Gasteiger partial charge in [-0.15, -0.1) is 0 Å². The quantitative estimate of drug-likeness (QED) is 0.790. The molecule has 0 radical (unpaired) electrons. The van der Waals surface area contributed by atoms with E-state index in [2.05, 4.69) is 35.0 Å². The summed E-state index contributed by atoms with van der Waals surface area (Å²) < 4.78 is 0. The van der Waals surface area contributed by atoms with Crippen molar-refractivity contribution < 1.29 is 5.11 Å². The summed E-state index contributed by atoms with van der Waals surface area (Å²) >= 11 is 3.24. The molecule has 1 rings (SSSR count). The normalized spacial score (nSPS) is 12.9. The Hall–Kier alpha value is -0.340. The molecule has 0 bridgehead atoms. The molecule has 0 aromatic heterocycles. The highest BCUT2D eigenvalue weighted by Gasteiger charge is 2.03. The molecule has 1 aromatic rings. The van der Waals surface area contributed by atoms with Crippen LogP contribution in [0, 0.1) is 0 Å². The molecule has 1 atom stereocenters. The highest BCUT2D eigenvalue weighted by Crippen LogP contribution is 2.15. The van der Waals surface area contributed by atoms with Crippen molar-refractivity contribution >= 4 is 15.9 Å². The number of benzene rings is 1. The van der Waals surface area contributed by atoms with Gasteiger partial charge < -0.3 is 5.11 Å². The van der Waals surface area contributed by atoms with Gasteiger partial charge in [0.05, 0.1) is 6.10 Å². The molecule has 0 saturated carbocycles. The third kappa shape index (κ3) is 2.32. The Morgan fingerprint density at radius 1 is 1.33 bits per heavy atom. The van der Waals surface area contributed by atoms with Gasteiger partial charge in [0.1, 0.15) is 0 Å². The minimum absolute atomic E-state index is 0.379. The number of aryl methyl sites for hydroxylation is 1. The van der Waals surface area contributed by atoms with Crippen LogP contribution in [-0.4, -0.2) is 10.4 Å². The first kappa shape index (κ1) is 9.75. The van der Waals surface area contributed by atoms with Gasteiger partial charge in [0, 0.05) is 5.33 Å². The molecule has 0 spiro atoms. The second-order valence-electron chi connectivity index (χ2n) is 2.77. The first-order chi connectivity index (χ1) is 5.77. The second kappa shape index (κ2) is 4.63. The van der Waals surface area contributed by atoms with Crippen LogP contribution < -0.4 is 0 Å². The Morgan fingerprint density at radius 3 is 2.33 bits per heavy atom. The Balaban J connectivity index is 2.77. The lowest BCUT2D eigenvalue weighted by atomic mass is 10.1. The minimum Gasteiger partial charge on any atom is -0.388 e. The topological polar surface area (TPSA) is 20.2 Å². The maximum absolute atomic E-state index is 9.45. The van der Waals surface area contributed by atoms with Crippen LogP contribution in [0.2, 0.25) is 0 Å². The van der Waals surface area contributed by atoms with Gasteiger partial charge in [-0.3, -0.25) is 0 Å². The molecular formula is C10H13BrO. The molecule has 2 heteroatoms. The lowest BCUT2D eigenvalue weighted by Gasteiger charge is -2.07. The summed E-state index contributed by atoms with van der Waals surface area (Å²) in [6.45, 7) is 2.12. The highest BCUT2D eigenvalue weighted by atomic mass is 79.9. The average Bonchev–Trinajstić information content (AvgIpc) is 2.17. The van der Waals surface area contributed by atoms with Gasteiger partial charge >= 0.3 is 0 Å². The molecule has 1 aromatic carbocycles. The van der Waals surface area contributed by atoms with Gasteiger partial charge in [-0.2, -0.15) is 0 Å². The molecule has 0 aliphatic rings. The number of hydrogen-bond acceptors (Lipinski definition) is 1. The number of hydrogen-bond donors (Lipinski definition) is 1. The predicted molar refractivity (Wildman–Crippen MR) is 54.6 cm³/mol. The molecule has 0 unspecified atom stereocenters. The number of alkyl halides is 1. The first-order valence-electron chi connectivity index (χ1n) is 4.10. The summed E-state index contributed by atoms with van der Waals surface area (Å²) in [5.41, 5.74) is 2.28. The monoisotopic (exact) mass is 228 g/mol. The van der Waals surface area contributed by atoms with Crippen molar-refractivity contribution in [3.05, 3.63) is 35.4 Å². The zero-order chi connectivity index (χ0) is 8.97. The second-order valence-corrected chi connectivity index (χ2v) is 3.41. The largest absolute Gasteiger partial charge is 0.388 e. The van der Waals surface area contributed by atoms with Crippen LogP contribution in [0.15, 0.2) is 24.3 Å². The van der Waals surface area contributed by atoms with Crippen molar-refractivity contribution in [1.82, 2.24) is 0 Å². The molecular weight excluding hydrogens is 216 g/mol. The van der Waals surface area contributed by atoms with Crippen LogP contribution in [0.3, 0.4) is 0 Å². The van der Waals surface area contributed by atoms with Gasteiger partial charge in [-0.25, -0.2) is 0 Å². The van der Waals surface area contributed by atoms with E-state index in [0.717, 1.165) is 12.0 Å². The number of halogens is 1. The number of rotatable bonds is 3. The van der Waals surface area contributed by atoms with Crippen molar-refractivity contribution in [2.45, 2.75) is 19.4 Å². The number of aliphatic hydroxyl groups is 1. The molecule has 66 valence electrons. The third-order valence-electron chi connectivity index (χ3n) is 1.92. The summed E-state index contributed by atoms with van der Waals surface area (Å²) in [5.74, 6) is 0.